The highest BCUT2D eigenvalue weighted by Crippen LogP contribution is 2.34. The van der Waals surface area contributed by atoms with Crippen LogP contribution < -0.4 is 10.5 Å². The van der Waals surface area contributed by atoms with Crippen LogP contribution in [0.2, 0.25) is 0 Å². The fourth-order valence-electron chi connectivity index (χ4n) is 2.91. The lowest BCUT2D eigenvalue weighted by molar-refractivity contribution is 0.316. The highest BCUT2D eigenvalue weighted by atomic mass is 16.5. The molecule has 0 bridgehead atoms. The second kappa shape index (κ2) is 6.10. The van der Waals surface area contributed by atoms with Gasteiger partial charge in [-0.15, -0.1) is 0 Å². The predicted molar refractivity (Wildman–Crippen MR) is 81.9 cm³/mol. The van der Waals surface area contributed by atoms with Gasteiger partial charge in [-0.25, -0.2) is 0 Å². The molecule has 0 heterocycles. The van der Waals surface area contributed by atoms with Crippen LogP contribution in [0.15, 0.2) is 48.5 Å². The minimum atomic E-state index is 0.177. The Labute approximate surface area is 120 Å². The van der Waals surface area contributed by atoms with Crippen LogP contribution in [0.5, 0.6) is 5.75 Å². The highest BCUT2D eigenvalue weighted by molar-refractivity contribution is 5.43. The largest absolute Gasteiger partial charge is 0.493 e. The topological polar surface area (TPSA) is 35.2 Å². The molecule has 2 heteroatoms. The van der Waals surface area contributed by atoms with Crippen LogP contribution in [0.25, 0.3) is 0 Å². The Morgan fingerprint density at radius 2 is 1.90 bits per heavy atom. The van der Waals surface area contributed by atoms with Gasteiger partial charge in [-0.2, -0.15) is 0 Å². The van der Waals surface area contributed by atoms with Crippen molar-refractivity contribution in [3.63, 3.8) is 0 Å². The van der Waals surface area contributed by atoms with Crippen molar-refractivity contribution < 1.29 is 4.74 Å². The van der Waals surface area contributed by atoms with E-state index >= 15 is 0 Å². The van der Waals surface area contributed by atoms with E-state index in [2.05, 4.69) is 42.5 Å². The predicted octanol–water partition coefficient (Wildman–Crippen LogP) is 3.64. The number of nitrogens with two attached hydrogens (primary N) is 1. The summed E-state index contributed by atoms with van der Waals surface area (Å²) in [5.41, 5.74) is 10.1. The van der Waals surface area contributed by atoms with Crippen LogP contribution in [0.3, 0.4) is 0 Å². The van der Waals surface area contributed by atoms with Crippen LogP contribution in [-0.2, 0) is 12.8 Å². The van der Waals surface area contributed by atoms with Crippen molar-refractivity contribution in [1.82, 2.24) is 0 Å². The molecule has 0 radical (unpaired) electrons. The summed E-state index contributed by atoms with van der Waals surface area (Å²) in [6.45, 7) is 0.718. The quantitative estimate of drug-likeness (QED) is 0.917. The lowest BCUT2D eigenvalue weighted by atomic mass is 9.87. The van der Waals surface area contributed by atoms with Gasteiger partial charge in [0.1, 0.15) is 5.75 Å². The van der Waals surface area contributed by atoms with Gasteiger partial charge >= 0.3 is 0 Å². The standard InChI is InChI=1S/C18H21NO/c19-17-10-4-9-16-15(17)8-5-11-18(16)20-13-12-14-6-2-1-3-7-14/h1-3,5-8,11,17H,4,9-10,12-13,19H2. The second-order valence-electron chi connectivity index (χ2n) is 5.41. The number of rotatable bonds is 4. The minimum Gasteiger partial charge on any atom is -0.493 e. The molecule has 0 aromatic heterocycles. The lowest BCUT2D eigenvalue weighted by Crippen LogP contribution is -2.18. The van der Waals surface area contributed by atoms with Crippen molar-refractivity contribution in [3.05, 3.63) is 65.2 Å². The molecular weight excluding hydrogens is 246 g/mol. The van der Waals surface area contributed by atoms with Crippen molar-refractivity contribution in [3.8, 4) is 5.75 Å². The zero-order valence-corrected chi connectivity index (χ0v) is 11.7. The minimum absolute atomic E-state index is 0.177. The molecule has 2 aromatic carbocycles. The van der Waals surface area contributed by atoms with E-state index in [4.69, 9.17) is 10.5 Å². The summed E-state index contributed by atoms with van der Waals surface area (Å²) in [5.74, 6) is 1.02. The SMILES string of the molecule is NC1CCCc2c(OCCc3ccccc3)cccc21. The Bertz CT molecular complexity index is 565. The summed E-state index contributed by atoms with van der Waals surface area (Å²) < 4.78 is 6.00. The number of hydrogen-bond donors (Lipinski definition) is 1. The molecule has 3 rings (SSSR count). The first kappa shape index (κ1) is 13.2. The Morgan fingerprint density at radius 3 is 2.75 bits per heavy atom. The monoisotopic (exact) mass is 267 g/mol. The van der Waals surface area contributed by atoms with Gasteiger partial charge in [-0.05, 0) is 42.0 Å². The van der Waals surface area contributed by atoms with Gasteiger partial charge in [0.2, 0.25) is 0 Å². The smallest absolute Gasteiger partial charge is 0.122 e. The summed E-state index contributed by atoms with van der Waals surface area (Å²) in [6.07, 6.45) is 4.27. The Kier molecular flexibility index (Phi) is 4.03. The van der Waals surface area contributed by atoms with E-state index in [-0.39, 0.29) is 6.04 Å². The van der Waals surface area contributed by atoms with Gasteiger partial charge in [0, 0.05) is 12.5 Å². The Balaban J connectivity index is 1.67. The van der Waals surface area contributed by atoms with E-state index in [0.29, 0.717) is 0 Å². The molecule has 1 aliphatic rings. The molecule has 0 spiro atoms. The summed E-state index contributed by atoms with van der Waals surface area (Å²) in [5, 5.41) is 0. The number of hydrogen-bond acceptors (Lipinski definition) is 2. The van der Waals surface area contributed by atoms with Crippen molar-refractivity contribution >= 4 is 0 Å². The summed E-state index contributed by atoms with van der Waals surface area (Å²) in [6, 6.07) is 16.9. The van der Waals surface area contributed by atoms with Crippen LogP contribution in [0.4, 0.5) is 0 Å². The van der Waals surface area contributed by atoms with Crippen LogP contribution >= 0.6 is 0 Å². The summed E-state index contributed by atoms with van der Waals surface area (Å²) in [7, 11) is 0. The van der Waals surface area contributed by atoms with Crippen molar-refractivity contribution in [2.45, 2.75) is 31.7 Å². The molecule has 0 saturated carbocycles. The van der Waals surface area contributed by atoms with E-state index in [1.165, 1.54) is 16.7 Å². The van der Waals surface area contributed by atoms with Gasteiger partial charge in [0.05, 0.1) is 6.61 Å². The molecule has 1 atom stereocenters. The molecule has 1 unspecified atom stereocenters. The maximum atomic E-state index is 6.18. The van der Waals surface area contributed by atoms with Gasteiger partial charge in [-0.3, -0.25) is 0 Å². The van der Waals surface area contributed by atoms with Crippen LogP contribution in [-0.4, -0.2) is 6.61 Å². The fourth-order valence-corrected chi connectivity index (χ4v) is 2.91. The first-order chi connectivity index (χ1) is 9.84. The molecular formula is C18H21NO. The third-order valence-electron chi connectivity index (χ3n) is 4.00. The highest BCUT2D eigenvalue weighted by Gasteiger charge is 2.19. The lowest BCUT2D eigenvalue weighted by Gasteiger charge is -2.24. The molecule has 0 aliphatic heterocycles. The molecule has 1 aliphatic carbocycles. The molecule has 2 N–H and O–H groups in total. The van der Waals surface area contributed by atoms with Gasteiger partial charge in [-0.1, -0.05) is 42.5 Å². The number of benzene rings is 2. The van der Waals surface area contributed by atoms with E-state index in [1.54, 1.807) is 0 Å². The molecule has 2 aromatic rings. The van der Waals surface area contributed by atoms with Crippen molar-refractivity contribution in [1.29, 1.82) is 0 Å². The number of fused-ring (bicyclic) bond motifs is 1. The summed E-state index contributed by atoms with van der Waals surface area (Å²) in [4.78, 5) is 0. The maximum Gasteiger partial charge on any atom is 0.122 e. The average Bonchev–Trinajstić information content (AvgIpc) is 2.49. The molecule has 2 nitrogen and oxygen atoms in total. The molecule has 20 heavy (non-hydrogen) atoms. The third kappa shape index (κ3) is 2.86. The summed E-state index contributed by atoms with van der Waals surface area (Å²) >= 11 is 0. The maximum absolute atomic E-state index is 6.18. The van der Waals surface area contributed by atoms with E-state index in [1.807, 2.05) is 6.07 Å². The number of ether oxygens (including phenoxy) is 1. The van der Waals surface area contributed by atoms with Gasteiger partial charge in [0.25, 0.3) is 0 Å². The third-order valence-corrected chi connectivity index (χ3v) is 4.00. The van der Waals surface area contributed by atoms with E-state index in [9.17, 15) is 0 Å². The van der Waals surface area contributed by atoms with E-state index in [0.717, 1.165) is 38.0 Å². The fraction of sp³-hybridized carbons (Fsp3) is 0.333. The van der Waals surface area contributed by atoms with Crippen molar-refractivity contribution in [2.75, 3.05) is 6.61 Å². The van der Waals surface area contributed by atoms with Gasteiger partial charge in [0.15, 0.2) is 0 Å². The second-order valence-corrected chi connectivity index (χ2v) is 5.41. The first-order valence-electron chi connectivity index (χ1n) is 7.38. The zero-order valence-electron chi connectivity index (χ0n) is 11.7. The molecule has 0 amide bonds. The normalized spacial score (nSPS) is 17.6. The first-order valence-corrected chi connectivity index (χ1v) is 7.38. The molecule has 0 fully saturated rings. The van der Waals surface area contributed by atoms with Crippen LogP contribution in [0.1, 0.15) is 35.6 Å². The van der Waals surface area contributed by atoms with E-state index < -0.39 is 0 Å². The molecule has 0 saturated heterocycles. The average molecular weight is 267 g/mol. The Hall–Kier alpha value is -1.80. The molecule has 104 valence electrons. The van der Waals surface area contributed by atoms with Crippen molar-refractivity contribution in [2.24, 2.45) is 5.73 Å². The Morgan fingerprint density at radius 1 is 1.05 bits per heavy atom. The van der Waals surface area contributed by atoms with Gasteiger partial charge < -0.3 is 10.5 Å². The van der Waals surface area contributed by atoms with Crippen LogP contribution in [0, 0.1) is 0 Å². The zero-order chi connectivity index (χ0) is 13.8.